The number of anilines is 1. The third kappa shape index (κ3) is 5.28. The van der Waals surface area contributed by atoms with E-state index in [9.17, 15) is 9.59 Å². The minimum absolute atomic E-state index is 0.240. The van der Waals surface area contributed by atoms with Crippen molar-refractivity contribution in [1.29, 1.82) is 0 Å². The highest BCUT2D eigenvalue weighted by Crippen LogP contribution is 2.26. The van der Waals surface area contributed by atoms with Crippen molar-refractivity contribution >= 4 is 47.0 Å². The molecule has 0 radical (unpaired) electrons. The summed E-state index contributed by atoms with van der Waals surface area (Å²) in [6.45, 7) is 3.65. The number of rotatable bonds is 7. The number of carbonyl (C=O) groups excluding carboxylic acids is 2. The SMILES string of the molecule is Cc1nn(Cc2c(Cl)cccc2Cl)c(C)c1/C=C/C(=O)OCC(=O)Nc1ccon1. The second kappa shape index (κ2) is 9.60. The summed E-state index contributed by atoms with van der Waals surface area (Å²) in [5.41, 5.74) is 3.08. The Labute approximate surface area is 182 Å². The van der Waals surface area contributed by atoms with Crippen LogP contribution in [-0.4, -0.2) is 33.4 Å². The molecular weight excluding hydrogens is 431 g/mol. The van der Waals surface area contributed by atoms with Crippen LogP contribution in [0.25, 0.3) is 6.08 Å². The van der Waals surface area contributed by atoms with Gasteiger partial charge in [0.2, 0.25) is 0 Å². The summed E-state index contributed by atoms with van der Waals surface area (Å²) in [7, 11) is 0. The Hall–Kier alpha value is -3.10. The van der Waals surface area contributed by atoms with E-state index in [4.69, 9.17) is 27.9 Å². The number of hydrogen-bond donors (Lipinski definition) is 1. The van der Waals surface area contributed by atoms with E-state index in [1.807, 2.05) is 13.8 Å². The highest BCUT2D eigenvalue weighted by Gasteiger charge is 2.14. The molecule has 0 spiro atoms. The molecule has 30 heavy (non-hydrogen) atoms. The number of nitrogens with one attached hydrogen (secondary N) is 1. The fourth-order valence-corrected chi connectivity index (χ4v) is 3.25. The molecule has 0 saturated carbocycles. The van der Waals surface area contributed by atoms with Crippen molar-refractivity contribution in [3.63, 3.8) is 0 Å². The van der Waals surface area contributed by atoms with Gasteiger partial charge in [0, 0.05) is 39.0 Å². The van der Waals surface area contributed by atoms with Crippen LogP contribution in [0.2, 0.25) is 10.0 Å². The van der Waals surface area contributed by atoms with Gasteiger partial charge in [-0.15, -0.1) is 0 Å². The second-order valence-corrected chi connectivity index (χ2v) is 7.13. The molecule has 3 aromatic rings. The maximum atomic E-state index is 11.9. The normalized spacial score (nSPS) is 11.1. The van der Waals surface area contributed by atoms with Crippen LogP contribution in [0.4, 0.5) is 5.82 Å². The largest absolute Gasteiger partial charge is 0.452 e. The van der Waals surface area contributed by atoms with Crippen LogP contribution in [0.1, 0.15) is 22.5 Å². The summed E-state index contributed by atoms with van der Waals surface area (Å²) in [6.07, 6.45) is 4.16. The average Bonchev–Trinajstić information content (AvgIpc) is 3.30. The molecule has 0 unspecified atom stereocenters. The number of aromatic nitrogens is 3. The lowest BCUT2D eigenvalue weighted by Crippen LogP contribution is -2.20. The van der Waals surface area contributed by atoms with Gasteiger partial charge in [-0.25, -0.2) is 4.79 Å². The molecule has 2 aromatic heterocycles. The number of aryl methyl sites for hydroxylation is 1. The molecule has 1 aromatic carbocycles. The van der Waals surface area contributed by atoms with E-state index in [1.54, 1.807) is 29.0 Å². The van der Waals surface area contributed by atoms with Crippen molar-refractivity contribution < 1.29 is 18.8 Å². The summed E-state index contributed by atoms with van der Waals surface area (Å²) >= 11 is 12.5. The predicted octanol–water partition coefficient (Wildman–Crippen LogP) is 4.04. The summed E-state index contributed by atoms with van der Waals surface area (Å²) in [4.78, 5) is 23.6. The van der Waals surface area contributed by atoms with Gasteiger partial charge in [0.1, 0.15) is 6.26 Å². The van der Waals surface area contributed by atoms with Crippen molar-refractivity contribution in [3.8, 4) is 0 Å². The molecule has 0 fully saturated rings. The molecular formula is C20H18Cl2N4O4. The number of hydrogen-bond acceptors (Lipinski definition) is 6. The zero-order valence-electron chi connectivity index (χ0n) is 16.2. The highest BCUT2D eigenvalue weighted by molar-refractivity contribution is 6.35. The number of carbonyl (C=O) groups is 2. The number of esters is 1. The molecule has 0 aliphatic carbocycles. The summed E-state index contributed by atoms with van der Waals surface area (Å²) in [5, 5.41) is 11.6. The molecule has 0 aliphatic heterocycles. The van der Waals surface area contributed by atoms with Gasteiger partial charge in [-0.1, -0.05) is 34.4 Å². The van der Waals surface area contributed by atoms with Crippen LogP contribution >= 0.6 is 23.2 Å². The Balaban J connectivity index is 1.63. The van der Waals surface area contributed by atoms with Gasteiger partial charge in [-0.2, -0.15) is 5.10 Å². The Morgan fingerprint density at radius 2 is 1.97 bits per heavy atom. The first-order valence-electron chi connectivity index (χ1n) is 8.87. The van der Waals surface area contributed by atoms with E-state index in [1.165, 1.54) is 18.4 Å². The molecule has 0 atom stereocenters. The monoisotopic (exact) mass is 448 g/mol. The smallest absolute Gasteiger partial charge is 0.331 e. The highest BCUT2D eigenvalue weighted by atomic mass is 35.5. The first-order chi connectivity index (χ1) is 14.3. The summed E-state index contributed by atoms with van der Waals surface area (Å²) in [5.74, 6) is -0.947. The molecule has 0 aliphatic rings. The van der Waals surface area contributed by atoms with Gasteiger partial charge in [-0.3, -0.25) is 9.48 Å². The minimum atomic E-state index is -0.661. The summed E-state index contributed by atoms with van der Waals surface area (Å²) in [6, 6.07) is 6.79. The van der Waals surface area contributed by atoms with E-state index >= 15 is 0 Å². The van der Waals surface area contributed by atoms with Gasteiger partial charge in [-0.05, 0) is 32.1 Å². The third-order valence-corrected chi connectivity index (χ3v) is 4.95. The van der Waals surface area contributed by atoms with Gasteiger partial charge in [0.05, 0.1) is 12.2 Å². The van der Waals surface area contributed by atoms with Crippen LogP contribution in [0.15, 0.2) is 41.1 Å². The van der Waals surface area contributed by atoms with Gasteiger partial charge in [0.15, 0.2) is 12.4 Å². The van der Waals surface area contributed by atoms with Crippen molar-refractivity contribution in [2.75, 3.05) is 11.9 Å². The maximum Gasteiger partial charge on any atom is 0.331 e. The molecule has 2 heterocycles. The van der Waals surface area contributed by atoms with Crippen LogP contribution in [0.5, 0.6) is 0 Å². The molecule has 1 N–H and O–H groups in total. The molecule has 8 nitrogen and oxygen atoms in total. The zero-order chi connectivity index (χ0) is 21.7. The average molecular weight is 449 g/mol. The van der Waals surface area contributed by atoms with Gasteiger partial charge in [0.25, 0.3) is 5.91 Å². The Morgan fingerprint density at radius 3 is 2.63 bits per heavy atom. The van der Waals surface area contributed by atoms with Crippen LogP contribution < -0.4 is 5.32 Å². The number of ether oxygens (including phenoxy) is 1. The molecule has 1 amide bonds. The second-order valence-electron chi connectivity index (χ2n) is 6.32. The fourth-order valence-electron chi connectivity index (χ4n) is 2.73. The van der Waals surface area contributed by atoms with E-state index in [-0.39, 0.29) is 5.82 Å². The predicted molar refractivity (Wildman–Crippen MR) is 112 cm³/mol. The molecule has 156 valence electrons. The van der Waals surface area contributed by atoms with E-state index in [0.29, 0.717) is 16.6 Å². The number of benzene rings is 1. The lowest BCUT2D eigenvalue weighted by molar-refractivity contribution is -0.142. The van der Waals surface area contributed by atoms with Crippen molar-refractivity contribution in [1.82, 2.24) is 14.9 Å². The topological polar surface area (TPSA) is 99.2 Å². The molecule has 0 bridgehead atoms. The number of halogens is 2. The third-order valence-electron chi connectivity index (χ3n) is 4.24. The van der Waals surface area contributed by atoms with Crippen molar-refractivity contribution in [3.05, 3.63) is 69.2 Å². The quantitative estimate of drug-likeness (QED) is 0.432. The van der Waals surface area contributed by atoms with Crippen molar-refractivity contribution in [2.24, 2.45) is 0 Å². The van der Waals surface area contributed by atoms with Crippen LogP contribution in [0.3, 0.4) is 0 Å². The number of nitrogens with zero attached hydrogens (tertiary/aromatic N) is 3. The molecule has 10 heteroatoms. The zero-order valence-corrected chi connectivity index (χ0v) is 17.7. The van der Waals surface area contributed by atoms with E-state index in [2.05, 4.69) is 20.1 Å². The van der Waals surface area contributed by atoms with Gasteiger partial charge >= 0.3 is 5.97 Å². The Morgan fingerprint density at radius 1 is 1.23 bits per heavy atom. The van der Waals surface area contributed by atoms with Crippen molar-refractivity contribution in [2.45, 2.75) is 20.4 Å². The standard InChI is InChI=1S/C20H18Cl2N4O4/c1-12-14(6-7-20(28)29-11-19(27)23-18-8-9-30-25-18)13(2)26(24-12)10-15-16(21)4-3-5-17(15)22/h3-9H,10-11H2,1-2H3,(H,23,25,27)/b7-6+. The lowest BCUT2D eigenvalue weighted by Gasteiger charge is -2.09. The van der Waals surface area contributed by atoms with Crippen LogP contribution in [-0.2, 0) is 20.9 Å². The van der Waals surface area contributed by atoms with E-state index in [0.717, 1.165) is 22.5 Å². The first-order valence-corrected chi connectivity index (χ1v) is 9.62. The Kier molecular flexibility index (Phi) is 6.91. The maximum absolute atomic E-state index is 11.9. The first kappa shape index (κ1) is 21.6. The minimum Gasteiger partial charge on any atom is -0.452 e. The summed E-state index contributed by atoms with van der Waals surface area (Å²) < 4.78 is 11.3. The van der Waals surface area contributed by atoms with Crippen LogP contribution in [0, 0.1) is 13.8 Å². The van der Waals surface area contributed by atoms with Gasteiger partial charge < -0.3 is 14.6 Å². The lowest BCUT2D eigenvalue weighted by atomic mass is 10.1. The Bertz CT molecular complexity index is 1070. The fraction of sp³-hybridized carbons (Fsp3) is 0.200. The molecule has 0 saturated heterocycles. The number of amides is 1. The molecule has 3 rings (SSSR count). The van der Waals surface area contributed by atoms with E-state index < -0.39 is 18.5 Å².